The van der Waals surface area contributed by atoms with Gasteiger partial charge in [-0.15, -0.1) is 0 Å². The van der Waals surface area contributed by atoms with E-state index in [9.17, 15) is 0 Å². The zero-order valence-electron chi connectivity index (χ0n) is 9.19. The zero-order valence-corrected chi connectivity index (χ0v) is 9.95. The minimum Gasteiger partial charge on any atom is -0.395 e. The van der Waals surface area contributed by atoms with Crippen LogP contribution in [0, 0.1) is 0 Å². The summed E-state index contributed by atoms with van der Waals surface area (Å²) in [5.74, 6) is 0. The molecular formula is C12H17ClN2O. The first-order valence-electron chi connectivity index (χ1n) is 5.63. The summed E-state index contributed by atoms with van der Waals surface area (Å²) in [5.41, 5.74) is 7.78. The number of hydrogen-bond acceptors (Lipinski definition) is 3. The molecule has 1 aromatic carbocycles. The average Bonchev–Trinajstić information content (AvgIpc) is 3.09. The Labute approximate surface area is 101 Å². The second-order valence-electron chi connectivity index (χ2n) is 4.09. The van der Waals surface area contributed by atoms with Crippen LogP contribution in [0.5, 0.6) is 0 Å². The molecule has 0 radical (unpaired) electrons. The number of halogens is 1. The summed E-state index contributed by atoms with van der Waals surface area (Å²) in [7, 11) is 0. The van der Waals surface area contributed by atoms with Crippen LogP contribution in [0.4, 0.5) is 5.69 Å². The van der Waals surface area contributed by atoms with Crippen LogP contribution >= 0.6 is 11.6 Å². The van der Waals surface area contributed by atoms with Crippen molar-refractivity contribution in [2.45, 2.75) is 25.4 Å². The van der Waals surface area contributed by atoms with Crippen molar-refractivity contribution in [3.05, 3.63) is 28.8 Å². The van der Waals surface area contributed by atoms with Gasteiger partial charge in [0, 0.05) is 35.4 Å². The Kier molecular flexibility index (Phi) is 3.69. The first-order valence-corrected chi connectivity index (χ1v) is 6.00. The van der Waals surface area contributed by atoms with Crippen LogP contribution in [0.15, 0.2) is 18.2 Å². The van der Waals surface area contributed by atoms with Crippen molar-refractivity contribution in [2.24, 2.45) is 5.73 Å². The van der Waals surface area contributed by atoms with E-state index < -0.39 is 0 Å². The first-order chi connectivity index (χ1) is 7.77. The lowest BCUT2D eigenvalue weighted by Crippen LogP contribution is -2.30. The average molecular weight is 241 g/mol. The van der Waals surface area contributed by atoms with Crippen molar-refractivity contribution in [3.8, 4) is 0 Å². The molecule has 3 nitrogen and oxygen atoms in total. The van der Waals surface area contributed by atoms with Crippen LogP contribution in [-0.2, 0) is 6.54 Å². The van der Waals surface area contributed by atoms with Crippen molar-refractivity contribution in [2.75, 3.05) is 18.1 Å². The van der Waals surface area contributed by atoms with E-state index in [0.29, 0.717) is 24.2 Å². The molecule has 4 heteroatoms. The van der Waals surface area contributed by atoms with Crippen molar-refractivity contribution < 1.29 is 5.11 Å². The maximum absolute atomic E-state index is 9.10. The molecule has 1 saturated carbocycles. The number of nitrogens with zero attached hydrogens (tertiary/aromatic N) is 1. The number of benzene rings is 1. The Morgan fingerprint density at radius 1 is 1.44 bits per heavy atom. The van der Waals surface area contributed by atoms with Crippen LogP contribution in [-0.4, -0.2) is 24.3 Å². The summed E-state index contributed by atoms with van der Waals surface area (Å²) in [5, 5.41) is 9.81. The monoisotopic (exact) mass is 240 g/mol. The van der Waals surface area contributed by atoms with Gasteiger partial charge in [-0.05, 0) is 25.0 Å². The van der Waals surface area contributed by atoms with Crippen LogP contribution in [0.3, 0.4) is 0 Å². The molecule has 0 aliphatic heterocycles. The molecule has 1 aliphatic rings. The number of rotatable bonds is 5. The van der Waals surface area contributed by atoms with Crippen molar-refractivity contribution in [1.82, 2.24) is 0 Å². The van der Waals surface area contributed by atoms with Gasteiger partial charge in [0.15, 0.2) is 0 Å². The summed E-state index contributed by atoms with van der Waals surface area (Å²) >= 11 is 6.13. The zero-order chi connectivity index (χ0) is 11.5. The number of anilines is 1. The molecule has 0 spiro atoms. The standard InChI is InChI=1S/C12H17ClN2O/c13-11-2-1-3-12(10(11)8-14)15(6-7-16)9-4-5-9/h1-3,9,16H,4-8,14H2. The van der Waals surface area contributed by atoms with Crippen molar-refractivity contribution in [1.29, 1.82) is 0 Å². The van der Waals surface area contributed by atoms with E-state index >= 15 is 0 Å². The topological polar surface area (TPSA) is 49.5 Å². The molecule has 0 atom stereocenters. The van der Waals surface area contributed by atoms with E-state index in [0.717, 1.165) is 11.3 Å². The predicted molar refractivity (Wildman–Crippen MR) is 66.8 cm³/mol. The van der Waals surface area contributed by atoms with Gasteiger partial charge in [-0.2, -0.15) is 0 Å². The van der Waals surface area contributed by atoms with Crippen molar-refractivity contribution in [3.63, 3.8) is 0 Å². The lowest BCUT2D eigenvalue weighted by Gasteiger charge is -2.26. The molecule has 88 valence electrons. The second-order valence-corrected chi connectivity index (χ2v) is 4.50. The van der Waals surface area contributed by atoms with Crippen LogP contribution in [0.1, 0.15) is 18.4 Å². The van der Waals surface area contributed by atoms with Gasteiger partial charge in [0.25, 0.3) is 0 Å². The fourth-order valence-corrected chi connectivity index (χ4v) is 2.26. The lowest BCUT2D eigenvalue weighted by atomic mass is 10.1. The Morgan fingerprint density at radius 2 is 2.19 bits per heavy atom. The van der Waals surface area contributed by atoms with Crippen LogP contribution in [0.2, 0.25) is 5.02 Å². The van der Waals surface area contributed by atoms with E-state index in [1.54, 1.807) is 0 Å². The maximum atomic E-state index is 9.10. The number of aliphatic hydroxyl groups is 1. The van der Waals surface area contributed by atoms with E-state index in [1.807, 2.05) is 18.2 Å². The molecular weight excluding hydrogens is 224 g/mol. The smallest absolute Gasteiger partial charge is 0.0606 e. The van der Waals surface area contributed by atoms with Gasteiger partial charge in [-0.3, -0.25) is 0 Å². The highest BCUT2D eigenvalue weighted by Gasteiger charge is 2.30. The van der Waals surface area contributed by atoms with Gasteiger partial charge < -0.3 is 15.7 Å². The molecule has 0 amide bonds. The Morgan fingerprint density at radius 3 is 2.75 bits per heavy atom. The van der Waals surface area contributed by atoms with Crippen LogP contribution < -0.4 is 10.6 Å². The molecule has 16 heavy (non-hydrogen) atoms. The Hall–Kier alpha value is -0.770. The van der Waals surface area contributed by atoms with Crippen molar-refractivity contribution >= 4 is 17.3 Å². The fourth-order valence-electron chi connectivity index (χ4n) is 2.01. The molecule has 0 unspecified atom stereocenters. The largest absolute Gasteiger partial charge is 0.395 e. The van der Waals surface area contributed by atoms with Gasteiger partial charge in [-0.1, -0.05) is 17.7 Å². The third-order valence-corrected chi connectivity index (χ3v) is 3.29. The van der Waals surface area contributed by atoms with Gasteiger partial charge in [0.1, 0.15) is 0 Å². The molecule has 1 aromatic rings. The Balaban J connectivity index is 2.32. The summed E-state index contributed by atoms with van der Waals surface area (Å²) in [4.78, 5) is 2.22. The first kappa shape index (κ1) is 11.7. The van der Waals surface area contributed by atoms with E-state index in [4.69, 9.17) is 22.4 Å². The predicted octanol–water partition coefficient (Wildman–Crippen LogP) is 1.76. The normalized spacial score (nSPS) is 15.2. The second kappa shape index (κ2) is 5.04. The van der Waals surface area contributed by atoms with Gasteiger partial charge in [0.2, 0.25) is 0 Å². The molecule has 0 saturated heterocycles. The summed E-state index contributed by atoms with van der Waals surface area (Å²) in [6.45, 7) is 1.24. The molecule has 2 rings (SSSR count). The molecule has 0 bridgehead atoms. The minimum atomic E-state index is 0.160. The third kappa shape index (κ3) is 2.32. The molecule has 1 aliphatic carbocycles. The van der Waals surface area contributed by atoms with E-state index in [1.165, 1.54) is 12.8 Å². The SMILES string of the molecule is NCc1c(Cl)cccc1N(CCO)C1CC1. The third-order valence-electron chi connectivity index (χ3n) is 2.94. The quantitative estimate of drug-likeness (QED) is 0.825. The molecule has 1 fully saturated rings. The summed E-state index contributed by atoms with van der Waals surface area (Å²) in [6.07, 6.45) is 2.38. The van der Waals surface area contributed by atoms with E-state index in [-0.39, 0.29) is 6.61 Å². The lowest BCUT2D eigenvalue weighted by molar-refractivity contribution is 0.301. The van der Waals surface area contributed by atoms with Gasteiger partial charge in [-0.25, -0.2) is 0 Å². The highest BCUT2D eigenvalue weighted by molar-refractivity contribution is 6.31. The summed E-state index contributed by atoms with van der Waals surface area (Å²) < 4.78 is 0. The highest BCUT2D eigenvalue weighted by atomic mass is 35.5. The van der Waals surface area contributed by atoms with Gasteiger partial charge >= 0.3 is 0 Å². The molecule has 3 N–H and O–H groups in total. The minimum absolute atomic E-state index is 0.160. The highest BCUT2D eigenvalue weighted by Crippen LogP contribution is 2.35. The summed E-state index contributed by atoms with van der Waals surface area (Å²) in [6, 6.07) is 6.37. The number of hydrogen-bond donors (Lipinski definition) is 2. The van der Waals surface area contributed by atoms with E-state index in [2.05, 4.69) is 4.90 Å². The molecule has 0 aromatic heterocycles. The Bertz CT molecular complexity index is 366. The van der Waals surface area contributed by atoms with Crippen LogP contribution in [0.25, 0.3) is 0 Å². The van der Waals surface area contributed by atoms with Gasteiger partial charge in [0.05, 0.1) is 6.61 Å². The molecule has 0 heterocycles. The maximum Gasteiger partial charge on any atom is 0.0606 e. The number of nitrogens with two attached hydrogens (primary N) is 1. The number of aliphatic hydroxyl groups excluding tert-OH is 1. The fraction of sp³-hybridized carbons (Fsp3) is 0.500.